The molecule has 0 saturated carbocycles. The normalized spacial score (nSPS) is 14.9. The van der Waals surface area contributed by atoms with E-state index >= 15 is 0 Å². The number of hydrogen-bond acceptors (Lipinski definition) is 3. The van der Waals surface area contributed by atoms with E-state index in [9.17, 15) is 0 Å². The lowest BCUT2D eigenvalue weighted by molar-refractivity contribution is -0.0285. The fourth-order valence-corrected chi connectivity index (χ4v) is 5.89. The molecule has 1 rings (SSSR count). The smallest absolute Gasteiger partial charge is 0.0820 e. The van der Waals surface area contributed by atoms with Crippen LogP contribution >= 0.6 is 0 Å². The second kappa shape index (κ2) is 36.7. The van der Waals surface area contributed by atoms with Crippen LogP contribution in [0.25, 0.3) is 0 Å². The van der Waals surface area contributed by atoms with Crippen molar-refractivity contribution in [2.45, 2.75) is 187 Å². The lowest BCUT2D eigenvalue weighted by Crippen LogP contribution is -2.39. The van der Waals surface area contributed by atoms with Crippen LogP contribution in [-0.2, 0) is 9.47 Å². The zero-order chi connectivity index (χ0) is 32.9. The van der Waals surface area contributed by atoms with Crippen molar-refractivity contribution < 1.29 is 9.47 Å². The quantitative estimate of drug-likeness (QED) is 0.0502. The molecular weight excluding hydrogens is 562 g/mol. The van der Waals surface area contributed by atoms with Gasteiger partial charge in [-0.3, -0.25) is 0 Å². The number of rotatable bonds is 36. The van der Waals surface area contributed by atoms with Crippen molar-refractivity contribution in [2.75, 3.05) is 39.5 Å². The lowest BCUT2D eigenvalue weighted by atomic mass is 10.1. The molecule has 1 heterocycles. The van der Waals surface area contributed by atoms with Gasteiger partial charge in [-0.15, -0.1) is 0 Å². The van der Waals surface area contributed by atoms with Crippen LogP contribution in [0.2, 0.25) is 0 Å². The van der Waals surface area contributed by atoms with Gasteiger partial charge in [-0.05, 0) is 103 Å². The van der Waals surface area contributed by atoms with Gasteiger partial charge in [-0.1, -0.05) is 140 Å². The van der Waals surface area contributed by atoms with Crippen molar-refractivity contribution in [3.05, 3.63) is 48.6 Å². The average Bonchev–Trinajstić information content (AvgIpc) is 3.04. The van der Waals surface area contributed by atoms with Crippen LogP contribution in [0.5, 0.6) is 0 Å². The SMILES string of the molecule is CCCCC/C=C/C/C=C/CCCCCCCCOCC(CCN1CCC1)OCCCCCCCC/C=C/C/C=C/CCCCC. The molecule has 0 N–H and O–H groups in total. The molecule has 46 heavy (non-hydrogen) atoms. The fraction of sp³-hybridized carbons (Fsp3) is 0.814. The lowest BCUT2D eigenvalue weighted by Gasteiger charge is -2.32. The van der Waals surface area contributed by atoms with Gasteiger partial charge in [0.25, 0.3) is 0 Å². The summed E-state index contributed by atoms with van der Waals surface area (Å²) in [6.45, 7) is 10.8. The van der Waals surface area contributed by atoms with Crippen LogP contribution in [0.15, 0.2) is 48.6 Å². The summed E-state index contributed by atoms with van der Waals surface area (Å²) >= 11 is 0. The predicted octanol–water partition coefficient (Wildman–Crippen LogP) is 13.1. The molecular formula is C43H79NO2. The summed E-state index contributed by atoms with van der Waals surface area (Å²) < 4.78 is 12.5. The summed E-state index contributed by atoms with van der Waals surface area (Å²) in [6.07, 6.45) is 52.5. The molecule has 1 atom stereocenters. The largest absolute Gasteiger partial charge is 0.379 e. The first-order valence-corrected chi connectivity index (χ1v) is 20.4. The Kier molecular flexibility index (Phi) is 34.2. The van der Waals surface area contributed by atoms with Gasteiger partial charge in [0.2, 0.25) is 0 Å². The van der Waals surface area contributed by atoms with Gasteiger partial charge in [-0.25, -0.2) is 0 Å². The van der Waals surface area contributed by atoms with Crippen molar-refractivity contribution >= 4 is 0 Å². The maximum absolute atomic E-state index is 6.34. The Morgan fingerprint density at radius 3 is 1.39 bits per heavy atom. The number of allylic oxidation sites excluding steroid dienone is 8. The number of nitrogens with zero attached hydrogens (tertiary/aromatic N) is 1. The number of unbranched alkanes of at least 4 members (excludes halogenated alkanes) is 18. The van der Waals surface area contributed by atoms with Crippen molar-refractivity contribution in [2.24, 2.45) is 0 Å². The van der Waals surface area contributed by atoms with Crippen LogP contribution in [0.1, 0.15) is 181 Å². The topological polar surface area (TPSA) is 21.7 Å². The monoisotopic (exact) mass is 642 g/mol. The highest BCUT2D eigenvalue weighted by Gasteiger charge is 2.17. The van der Waals surface area contributed by atoms with E-state index in [1.54, 1.807) is 0 Å². The molecule has 0 amide bonds. The van der Waals surface area contributed by atoms with Crippen LogP contribution in [0.4, 0.5) is 0 Å². The molecule has 0 aliphatic carbocycles. The molecule has 0 aromatic rings. The molecule has 1 unspecified atom stereocenters. The molecule has 1 saturated heterocycles. The summed E-state index contributed by atoms with van der Waals surface area (Å²) in [5, 5.41) is 0. The first kappa shape index (κ1) is 42.9. The van der Waals surface area contributed by atoms with E-state index in [1.807, 2.05) is 0 Å². The third-order valence-corrected chi connectivity index (χ3v) is 9.21. The Balaban J connectivity index is 1.95. The molecule has 1 aliphatic rings. The van der Waals surface area contributed by atoms with E-state index < -0.39 is 0 Å². The summed E-state index contributed by atoms with van der Waals surface area (Å²) in [7, 11) is 0. The van der Waals surface area contributed by atoms with Gasteiger partial charge in [-0.2, -0.15) is 0 Å². The van der Waals surface area contributed by atoms with Gasteiger partial charge in [0.15, 0.2) is 0 Å². The minimum atomic E-state index is 0.267. The van der Waals surface area contributed by atoms with Crippen molar-refractivity contribution in [3.8, 4) is 0 Å². The van der Waals surface area contributed by atoms with Crippen molar-refractivity contribution in [1.29, 1.82) is 0 Å². The standard InChI is InChI=1S/C43H79NO2/c1-3-5-7-9-11-13-15-17-19-21-23-25-27-29-31-33-40-45-42-43(36-39-44-37-35-38-44)46-41-34-32-30-28-26-24-22-20-18-16-14-12-10-8-6-4-2/h11-14,17-20,43H,3-10,15-16,21-42H2,1-2H3/b13-11+,14-12+,19-17+,20-18+. The van der Waals surface area contributed by atoms with E-state index in [0.29, 0.717) is 0 Å². The molecule has 3 nitrogen and oxygen atoms in total. The van der Waals surface area contributed by atoms with Crippen LogP contribution in [0.3, 0.4) is 0 Å². The molecule has 1 aliphatic heterocycles. The molecule has 268 valence electrons. The third kappa shape index (κ3) is 31.4. The summed E-state index contributed by atoms with van der Waals surface area (Å²) in [4.78, 5) is 2.55. The molecule has 0 aromatic heterocycles. The zero-order valence-electron chi connectivity index (χ0n) is 31.1. The Hall–Kier alpha value is -1.16. The Morgan fingerprint density at radius 2 is 0.935 bits per heavy atom. The third-order valence-electron chi connectivity index (χ3n) is 9.21. The number of hydrogen-bond donors (Lipinski definition) is 0. The van der Waals surface area contributed by atoms with Gasteiger partial charge >= 0.3 is 0 Å². The predicted molar refractivity (Wildman–Crippen MR) is 205 cm³/mol. The van der Waals surface area contributed by atoms with Crippen molar-refractivity contribution in [3.63, 3.8) is 0 Å². The van der Waals surface area contributed by atoms with E-state index in [0.717, 1.165) is 39.1 Å². The number of likely N-dealkylation sites (tertiary alicyclic amines) is 1. The summed E-state index contributed by atoms with van der Waals surface area (Å²) in [5.41, 5.74) is 0. The molecule has 3 heteroatoms. The number of ether oxygens (including phenoxy) is 2. The highest BCUT2D eigenvalue weighted by molar-refractivity contribution is 4.93. The molecule has 0 spiro atoms. The van der Waals surface area contributed by atoms with Gasteiger partial charge in [0.05, 0.1) is 12.7 Å². The maximum atomic E-state index is 6.34. The van der Waals surface area contributed by atoms with E-state index in [1.165, 1.54) is 167 Å². The van der Waals surface area contributed by atoms with Crippen molar-refractivity contribution in [1.82, 2.24) is 4.90 Å². The first-order valence-electron chi connectivity index (χ1n) is 20.4. The Morgan fingerprint density at radius 1 is 0.500 bits per heavy atom. The van der Waals surface area contributed by atoms with Crippen LogP contribution in [0, 0.1) is 0 Å². The average molecular weight is 642 g/mol. The van der Waals surface area contributed by atoms with Crippen LogP contribution in [-0.4, -0.2) is 50.5 Å². The maximum Gasteiger partial charge on any atom is 0.0820 e. The van der Waals surface area contributed by atoms with E-state index in [4.69, 9.17) is 9.47 Å². The Labute approximate surface area is 288 Å². The second-order valence-corrected chi connectivity index (χ2v) is 13.7. The van der Waals surface area contributed by atoms with E-state index in [-0.39, 0.29) is 6.10 Å². The van der Waals surface area contributed by atoms with E-state index in [2.05, 4.69) is 67.4 Å². The fourth-order valence-electron chi connectivity index (χ4n) is 5.89. The highest BCUT2D eigenvalue weighted by Crippen LogP contribution is 2.13. The van der Waals surface area contributed by atoms with Gasteiger partial charge in [0, 0.05) is 19.8 Å². The van der Waals surface area contributed by atoms with Gasteiger partial charge < -0.3 is 14.4 Å². The molecule has 0 radical (unpaired) electrons. The zero-order valence-corrected chi connectivity index (χ0v) is 31.1. The highest BCUT2D eigenvalue weighted by atomic mass is 16.5. The van der Waals surface area contributed by atoms with Gasteiger partial charge in [0.1, 0.15) is 0 Å². The second-order valence-electron chi connectivity index (χ2n) is 13.7. The minimum absolute atomic E-state index is 0.267. The first-order chi connectivity index (χ1) is 22.9. The minimum Gasteiger partial charge on any atom is -0.379 e. The molecule has 0 aromatic carbocycles. The molecule has 1 fully saturated rings. The Bertz CT molecular complexity index is 708. The molecule has 0 bridgehead atoms. The summed E-state index contributed by atoms with van der Waals surface area (Å²) in [5.74, 6) is 0. The van der Waals surface area contributed by atoms with Crippen LogP contribution < -0.4 is 0 Å². The summed E-state index contributed by atoms with van der Waals surface area (Å²) in [6, 6.07) is 0.